The molecule has 1 aromatic heterocycles. The van der Waals surface area contributed by atoms with E-state index in [0.717, 1.165) is 24.8 Å². The average Bonchev–Trinajstić information content (AvgIpc) is 3.37. The molecule has 3 aromatic rings. The normalized spacial score (nSPS) is 16.7. The molecule has 0 saturated carbocycles. The summed E-state index contributed by atoms with van der Waals surface area (Å²) in [6.07, 6.45) is 2.74. The van der Waals surface area contributed by atoms with E-state index in [2.05, 4.69) is 17.1 Å². The van der Waals surface area contributed by atoms with Crippen molar-refractivity contribution in [2.24, 2.45) is 0 Å². The molecule has 1 fully saturated rings. The Balaban J connectivity index is 1.56. The summed E-state index contributed by atoms with van der Waals surface area (Å²) in [4.78, 5) is 19.4. The summed E-state index contributed by atoms with van der Waals surface area (Å²) in [6.45, 7) is 4.86. The van der Waals surface area contributed by atoms with Gasteiger partial charge in [0.15, 0.2) is 0 Å². The minimum atomic E-state index is -0.157. The second kappa shape index (κ2) is 7.35. The lowest BCUT2D eigenvalue weighted by atomic mass is 10.1. The minimum Gasteiger partial charge on any atom is -0.337 e. The number of benzene rings is 2. The van der Waals surface area contributed by atoms with Crippen LogP contribution in [0.25, 0.3) is 11.4 Å². The topological polar surface area (TPSA) is 59.2 Å². The maximum atomic E-state index is 13.0. The molecule has 0 bridgehead atoms. The van der Waals surface area contributed by atoms with E-state index in [9.17, 15) is 4.79 Å². The van der Waals surface area contributed by atoms with Gasteiger partial charge in [-0.05, 0) is 43.9 Å². The third-order valence-corrected chi connectivity index (χ3v) is 5.16. The zero-order valence-electron chi connectivity index (χ0n) is 15.7. The molecule has 0 radical (unpaired) electrons. The molecular formula is C22H23N3O2. The lowest BCUT2D eigenvalue weighted by Crippen LogP contribution is -2.30. The zero-order chi connectivity index (χ0) is 18.8. The molecule has 2 aromatic carbocycles. The first-order chi connectivity index (χ1) is 13.2. The van der Waals surface area contributed by atoms with E-state index < -0.39 is 0 Å². The Labute approximate surface area is 159 Å². The molecule has 1 unspecified atom stereocenters. The van der Waals surface area contributed by atoms with Gasteiger partial charge in [-0.2, -0.15) is 4.98 Å². The Hall–Kier alpha value is -2.95. The SMILES string of the molecule is CCc1ccc(C(=O)N2CCCC2c2nc(-c3ccc(C)cc3)no2)cc1. The Morgan fingerprint density at radius 2 is 1.89 bits per heavy atom. The van der Waals surface area contributed by atoms with Gasteiger partial charge in [0.1, 0.15) is 6.04 Å². The van der Waals surface area contributed by atoms with Gasteiger partial charge in [0.25, 0.3) is 5.91 Å². The second-order valence-corrected chi connectivity index (χ2v) is 7.03. The van der Waals surface area contributed by atoms with Crippen LogP contribution in [-0.4, -0.2) is 27.5 Å². The lowest BCUT2D eigenvalue weighted by Gasteiger charge is -2.22. The number of aryl methyl sites for hydroxylation is 2. The number of carbonyl (C=O) groups is 1. The van der Waals surface area contributed by atoms with Crippen molar-refractivity contribution in [3.8, 4) is 11.4 Å². The first-order valence-corrected chi connectivity index (χ1v) is 9.46. The third-order valence-electron chi connectivity index (χ3n) is 5.16. The summed E-state index contributed by atoms with van der Waals surface area (Å²) in [5.41, 5.74) is 4.03. The smallest absolute Gasteiger partial charge is 0.254 e. The summed E-state index contributed by atoms with van der Waals surface area (Å²) >= 11 is 0. The van der Waals surface area contributed by atoms with Crippen LogP contribution in [0.4, 0.5) is 0 Å². The fourth-order valence-electron chi connectivity index (χ4n) is 3.51. The number of hydrogen-bond acceptors (Lipinski definition) is 4. The highest BCUT2D eigenvalue weighted by atomic mass is 16.5. The van der Waals surface area contributed by atoms with E-state index in [4.69, 9.17) is 4.52 Å². The molecule has 1 aliphatic heterocycles. The molecule has 2 heterocycles. The number of likely N-dealkylation sites (tertiary alicyclic amines) is 1. The Morgan fingerprint density at radius 1 is 1.15 bits per heavy atom. The third kappa shape index (κ3) is 3.50. The van der Waals surface area contributed by atoms with Crippen LogP contribution in [0.1, 0.15) is 53.2 Å². The van der Waals surface area contributed by atoms with Gasteiger partial charge < -0.3 is 9.42 Å². The van der Waals surface area contributed by atoms with Crippen LogP contribution in [0.15, 0.2) is 53.1 Å². The molecule has 5 nitrogen and oxygen atoms in total. The molecule has 4 rings (SSSR count). The Bertz CT molecular complexity index is 929. The molecule has 0 N–H and O–H groups in total. The van der Waals surface area contributed by atoms with Gasteiger partial charge in [0.2, 0.25) is 11.7 Å². The van der Waals surface area contributed by atoms with Crippen molar-refractivity contribution in [3.63, 3.8) is 0 Å². The highest BCUT2D eigenvalue weighted by Crippen LogP contribution is 2.33. The maximum absolute atomic E-state index is 13.0. The van der Waals surface area contributed by atoms with Crippen molar-refractivity contribution in [1.82, 2.24) is 15.0 Å². The predicted molar refractivity (Wildman–Crippen MR) is 103 cm³/mol. The van der Waals surface area contributed by atoms with Gasteiger partial charge in [0.05, 0.1) is 0 Å². The molecule has 1 amide bonds. The number of aromatic nitrogens is 2. The number of nitrogens with zero attached hydrogens (tertiary/aromatic N) is 3. The van der Waals surface area contributed by atoms with Crippen molar-refractivity contribution in [1.29, 1.82) is 0 Å². The minimum absolute atomic E-state index is 0.0234. The van der Waals surface area contributed by atoms with E-state index >= 15 is 0 Å². The van der Waals surface area contributed by atoms with Crippen LogP contribution in [0.3, 0.4) is 0 Å². The largest absolute Gasteiger partial charge is 0.337 e. The van der Waals surface area contributed by atoms with Gasteiger partial charge in [0, 0.05) is 17.7 Å². The summed E-state index contributed by atoms with van der Waals surface area (Å²) < 4.78 is 5.53. The summed E-state index contributed by atoms with van der Waals surface area (Å²) in [5, 5.41) is 4.13. The van der Waals surface area contributed by atoms with Crippen molar-refractivity contribution in [2.75, 3.05) is 6.54 Å². The quantitative estimate of drug-likeness (QED) is 0.682. The lowest BCUT2D eigenvalue weighted by molar-refractivity contribution is 0.0710. The van der Waals surface area contributed by atoms with E-state index in [-0.39, 0.29) is 11.9 Å². The average molecular weight is 361 g/mol. The van der Waals surface area contributed by atoms with Crippen molar-refractivity contribution < 1.29 is 9.32 Å². The Morgan fingerprint density at radius 3 is 2.59 bits per heavy atom. The molecule has 138 valence electrons. The number of rotatable bonds is 4. The molecule has 1 saturated heterocycles. The fourth-order valence-corrected chi connectivity index (χ4v) is 3.51. The van der Waals surface area contributed by atoms with Crippen LogP contribution in [0.2, 0.25) is 0 Å². The molecule has 0 spiro atoms. The second-order valence-electron chi connectivity index (χ2n) is 7.03. The zero-order valence-corrected chi connectivity index (χ0v) is 15.7. The van der Waals surface area contributed by atoms with Gasteiger partial charge in [-0.15, -0.1) is 0 Å². The number of amides is 1. The highest BCUT2D eigenvalue weighted by molar-refractivity contribution is 5.94. The standard InChI is InChI=1S/C22H23N3O2/c1-3-16-8-12-18(13-9-16)22(26)25-14-4-5-19(25)21-23-20(24-27-21)17-10-6-15(2)7-11-17/h6-13,19H,3-5,14H2,1-2H3. The number of carbonyl (C=O) groups excluding carboxylic acids is 1. The van der Waals surface area contributed by atoms with Crippen molar-refractivity contribution in [2.45, 2.75) is 39.2 Å². The van der Waals surface area contributed by atoms with E-state index in [1.807, 2.05) is 60.4 Å². The molecule has 0 aliphatic carbocycles. The van der Waals surface area contributed by atoms with Crippen LogP contribution in [0.5, 0.6) is 0 Å². The first kappa shape index (κ1) is 17.5. The summed E-state index contributed by atoms with van der Waals surface area (Å²) in [7, 11) is 0. The molecular weight excluding hydrogens is 338 g/mol. The van der Waals surface area contributed by atoms with Crippen molar-refractivity contribution >= 4 is 5.91 Å². The molecule has 5 heteroatoms. The van der Waals surface area contributed by atoms with E-state index in [1.54, 1.807) is 0 Å². The van der Waals surface area contributed by atoms with Gasteiger partial charge in [-0.25, -0.2) is 0 Å². The fraction of sp³-hybridized carbons (Fsp3) is 0.318. The van der Waals surface area contributed by atoms with Crippen molar-refractivity contribution in [3.05, 3.63) is 71.1 Å². The Kier molecular flexibility index (Phi) is 4.75. The van der Waals surface area contributed by atoms with Crippen LogP contribution >= 0.6 is 0 Å². The molecule has 1 aliphatic rings. The van der Waals surface area contributed by atoms with E-state index in [1.165, 1.54) is 11.1 Å². The summed E-state index contributed by atoms with van der Waals surface area (Å²) in [6, 6.07) is 15.7. The monoisotopic (exact) mass is 361 g/mol. The maximum Gasteiger partial charge on any atom is 0.254 e. The first-order valence-electron chi connectivity index (χ1n) is 9.46. The van der Waals surface area contributed by atoms with Gasteiger partial charge in [-0.1, -0.05) is 54.0 Å². The van der Waals surface area contributed by atoms with Gasteiger partial charge in [-0.3, -0.25) is 4.79 Å². The van der Waals surface area contributed by atoms with Crippen LogP contribution in [-0.2, 0) is 6.42 Å². The van der Waals surface area contributed by atoms with Gasteiger partial charge >= 0.3 is 0 Å². The summed E-state index contributed by atoms with van der Waals surface area (Å²) in [5.74, 6) is 1.11. The highest BCUT2D eigenvalue weighted by Gasteiger charge is 2.34. The number of hydrogen-bond donors (Lipinski definition) is 0. The van der Waals surface area contributed by atoms with E-state index in [0.29, 0.717) is 23.8 Å². The van der Waals surface area contributed by atoms with Crippen LogP contribution < -0.4 is 0 Å². The van der Waals surface area contributed by atoms with Crippen LogP contribution in [0, 0.1) is 6.92 Å². The molecule has 27 heavy (non-hydrogen) atoms. The predicted octanol–water partition coefficient (Wildman–Crippen LogP) is 4.58. The molecule has 1 atom stereocenters.